The van der Waals surface area contributed by atoms with Crippen LogP contribution in [0.15, 0.2) is 12.1 Å². The lowest BCUT2D eigenvalue weighted by molar-refractivity contribution is 0.224. The number of rotatable bonds is 5. The van der Waals surface area contributed by atoms with Gasteiger partial charge in [0.05, 0.1) is 7.11 Å². The molecule has 0 radical (unpaired) electrons. The van der Waals surface area contributed by atoms with E-state index in [0.717, 1.165) is 24.1 Å². The maximum atomic E-state index is 5.74. The van der Waals surface area contributed by atoms with Gasteiger partial charge in [0.25, 0.3) is 0 Å². The summed E-state index contributed by atoms with van der Waals surface area (Å²) in [5, 5.41) is 3.40. The summed E-state index contributed by atoms with van der Waals surface area (Å²) in [6, 6.07) is 4.51. The van der Waals surface area contributed by atoms with Crippen LogP contribution in [-0.2, 0) is 0 Å². The summed E-state index contributed by atoms with van der Waals surface area (Å²) in [6.07, 6.45) is 5.33. The maximum Gasteiger partial charge on any atom is 0.122 e. The second-order valence-corrected chi connectivity index (χ2v) is 6.71. The molecule has 0 bridgehead atoms. The molecular formula is C19H31NO. The van der Waals surface area contributed by atoms with Gasteiger partial charge in [-0.2, -0.15) is 0 Å². The van der Waals surface area contributed by atoms with Gasteiger partial charge in [-0.25, -0.2) is 0 Å². The molecule has 21 heavy (non-hydrogen) atoms. The number of benzene rings is 1. The van der Waals surface area contributed by atoms with Crippen molar-refractivity contribution in [1.29, 1.82) is 0 Å². The Bertz CT molecular complexity index is 469. The second kappa shape index (κ2) is 7.31. The first-order valence-electron chi connectivity index (χ1n) is 8.40. The molecule has 3 unspecified atom stereocenters. The van der Waals surface area contributed by atoms with E-state index in [-0.39, 0.29) is 0 Å². The molecule has 1 N–H and O–H groups in total. The Balaban J connectivity index is 2.39. The van der Waals surface area contributed by atoms with Crippen LogP contribution in [0.2, 0.25) is 0 Å². The van der Waals surface area contributed by atoms with Crippen molar-refractivity contribution >= 4 is 0 Å². The zero-order valence-electron chi connectivity index (χ0n) is 14.3. The number of ether oxygens (including phenoxy) is 1. The molecule has 1 aromatic rings. The smallest absolute Gasteiger partial charge is 0.122 e. The number of methoxy groups -OCH3 is 1. The Morgan fingerprint density at radius 3 is 2.62 bits per heavy atom. The summed E-state index contributed by atoms with van der Waals surface area (Å²) in [7, 11) is 3.88. The third kappa shape index (κ3) is 3.60. The van der Waals surface area contributed by atoms with E-state index in [2.05, 4.69) is 45.3 Å². The van der Waals surface area contributed by atoms with E-state index in [9.17, 15) is 0 Å². The van der Waals surface area contributed by atoms with Crippen molar-refractivity contribution in [3.8, 4) is 5.75 Å². The first-order chi connectivity index (χ1) is 10.1. The molecule has 0 amide bonds. The molecule has 0 spiro atoms. The Hall–Kier alpha value is -1.02. The molecule has 0 aliphatic heterocycles. The molecule has 2 nitrogen and oxygen atoms in total. The first-order valence-corrected chi connectivity index (χ1v) is 8.40. The molecule has 0 heterocycles. The SMILES string of the molecule is CCC1CCC(CNC)C(c2c(C)cc(C)cc2OC)C1. The average Bonchev–Trinajstić information content (AvgIpc) is 2.47. The van der Waals surface area contributed by atoms with Gasteiger partial charge in [0.1, 0.15) is 5.75 Å². The predicted molar refractivity (Wildman–Crippen MR) is 90.3 cm³/mol. The van der Waals surface area contributed by atoms with Crippen molar-refractivity contribution in [2.45, 2.75) is 52.4 Å². The Kier molecular flexibility index (Phi) is 5.69. The number of hydrogen-bond acceptors (Lipinski definition) is 2. The van der Waals surface area contributed by atoms with Gasteiger partial charge in [-0.15, -0.1) is 0 Å². The zero-order chi connectivity index (χ0) is 15.4. The van der Waals surface area contributed by atoms with E-state index in [4.69, 9.17) is 4.74 Å². The highest BCUT2D eigenvalue weighted by atomic mass is 16.5. The number of nitrogens with one attached hydrogen (secondary N) is 1. The van der Waals surface area contributed by atoms with E-state index in [1.165, 1.54) is 42.4 Å². The fourth-order valence-electron chi connectivity index (χ4n) is 4.14. The lowest BCUT2D eigenvalue weighted by Gasteiger charge is -2.37. The molecular weight excluding hydrogens is 258 g/mol. The molecule has 1 aromatic carbocycles. The lowest BCUT2D eigenvalue weighted by atomic mass is 9.69. The standard InChI is InChI=1S/C19H31NO/c1-6-15-7-8-16(12-20-4)17(11-15)19-14(3)9-13(2)10-18(19)21-5/h9-10,15-17,20H,6-8,11-12H2,1-5H3. The molecule has 0 aromatic heterocycles. The highest BCUT2D eigenvalue weighted by Gasteiger charge is 2.33. The van der Waals surface area contributed by atoms with Crippen LogP contribution in [0.1, 0.15) is 55.2 Å². The summed E-state index contributed by atoms with van der Waals surface area (Å²) in [5.41, 5.74) is 4.15. The van der Waals surface area contributed by atoms with Gasteiger partial charge < -0.3 is 10.1 Å². The van der Waals surface area contributed by atoms with Crippen LogP contribution in [-0.4, -0.2) is 20.7 Å². The first kappa shape index (κ1) is 16.4. The van der Waals surface area contributed by atoms with Gasteiger partial charge in [-0.1, -0.05) is 25.8 Å². The minimum absolute atomic E-state index is 0.631. The molecule has 0 saturated heterocycles. The fraction of sp³-hybridized carbons (Fsp3) is 0.684. The normalized spacial score (nSPS) is 25.9. The topological polar surface area (TPSA) is 21.3 Å². The molecule has 2 rings (SSSR count). The molecule has 3 atom stereocenters. The monoisotopic (exact) mass is 289 g/mol. The van der Waals surface area contributed by atoms with Crippen molar-refractivity contribution in [2.75, 3.05) is 20.7 Å². The van der Waals surface area contributed by atoms with Crippen LogP contribution in [0.4, 0.5) is 0 Å². The molecule has 1 saturated carbocycles. The van der Waals surface area contributed by atoms with Crippen LogP contribution < -0.4 is 10.1 Å². The number of aryl methyl sites for hydroxylation is 2. The highest BCUT2D eigenvalue weighted by Crippen LogP contribution is 2.45. The molecule has 1 aliphatic carbocycles. The van der Waals surface area contributed by atoms with Crippen LogP contribution in [0, 0.1) is 25.7 Å². The van der Waals surface area contributed by atoms with Gasteiger partial charge in [0.2, 0.25) is 0 Å². The maximum absolute atomic E-state index is 5.74. The molecule has 1 fully saturated rings. The van der Waals surface area contributed by atoms with Crippen molar-refractivity contribution < 1.29 is 4.74 Å². The highest BCUT2D eigenvalue weighted by molar-refractivity contribution is 5.46. The van der Waals surface area contributed by atoms with E-state index < -0.39 is 0 Å². The third-order valence-corrected chi connectivity index (χ3v) is 5.23. The molecule has 118 valence electrons. The lowest BCUT2D eigenvalue weighted by Crippen LogP contribution is -2.31. The number of hydrogen-bond donors (Lipinski definition) is 1. The van der Waals surface area contributed by atoms with Crippen LogP contribution in [0.3, 0.4) is 0 Å². The summed E-state index contributed by atoms with van der Waals surface area (Å²) in [6.45, 7) is 7.84. The average molecular weight is 289 g/mol. The van der Waals surface area contributed by atoms with Gasteiger partial charge in [-0.05, 0) is 75.2 Å². The Labute approximate surface area is 130 Å². The minimum Gasteiger partial charge on any atom is -0.496 e. The van der Waals surface area contributed by atoms with Crippen molar-refractivity contribution in [3.05, 3.63) is 28.8 Å². The quantitative estimate of drug-likeness (QED) is 0.865. The molecule has 1 aliphatic rings. The van der Waals surface area contributed by atoms with Gasteiger partial charge in [-0.3, -0.25) is 0 Å². The Morgan fingerprint density at radius 1 is 1.24 bits per heavy atom. The Morgan fingerprint density at radius 2 is 2.00 bits per heavy atom. The second-order valence-electron chi connectivity index (χ2n) is 6.71. The minimum atomic E-state index is 0.631. The van der Waals surface area contributed by atoms with E-state index >= 15 is 0 Å². The zero-order valence-corrected chi connectivity index (χ0v) is 14.3. The van der Waals surface area contributed by atoms with Crippen molar-refractivity contribution in [2.24, 2.45) is 11.8 Å². The van der Waals surface area contributed by atoms with Crippen molar-refractivity contribution in [3.63, 3.8) is 0 Å². The summed E-state index contributed by atoms with van der Waals surface area (Å²) in [4.78, 5) is 0. The third-order valence-electron chi connectivity index (χ3n) is 5.23. The van der Waals surface area contributed by atoms with E-state index in [0.29, 0.717) is 5.92 Å². The summed E-state index contributed by atoms with van der Waals surface area (Å²) < 4.78 is 5.74. The van der Waals surface area contributed by atoms with Crippen molar-refractivity contribution in [1.82, 2.24) is 5.32 Å². The molecule has 2 heteroatoms. The van der Waals surface area contributed by atoms with Crippen LogP contribution in [0.25, 0.3) is 0 Å². The van der Waals surface area contributed by atoms with Gasteiger partial charge in [0, 0.05) is 5.56 Å². The van der Waals surface area contributed by atoms with Gasteiger partial charge in [0.15, 0.2) is 0 Å². The fourth-order valence-corrected chi connectivity index (χ4v) is 4.14. The largest absolute Gasteiger partial charge is 0.496 e. The van der Waals surface area contributed by atoms with E-state index in [1.54, 1.807) is 0 Å². The van der Waals surface area contributed by atoms with Crippen LogP contribution in [0.5, 0.6) is 5.75 Å². The summed E-state index contributed by atoms with van der Waals surface area (Å²) >= 11 is 0. The van der Waals surface area contributed by atoms with Gasteiger partial charge >= 0.3 is 0 Å². The predicted octanol–water partition coefficient (Wildman–Crippen LogP) is 4.44. The summed E-state index contributed by atoms with van der Waals surface area (Å²) in [5.74, 6) is 3.32. The van der Waals surface area contributed by atoms with Crippen LogP contribution >= 0.6 is 0 Å². The van der Waals surface area contributed by atoms with E-state index in [1.807, 2.05) is 7.11 Å².